The summed E-state index contributed by atoms with van der Waals surface area (Å²) in [6, 6.07) is 0. The van der Waals surface area contributed by atoms with E-state index in [0.29, 0.717) is 0 Å². The van der Waals surface area contributed by atoms with Gasteiger partial charge in [-0.25, -0.2) is 4.94 Å². The lowest BCUT2D eigenvalue weighted by Gasteiger charge is -2.00. The highest BCUT2D eigenvalue weighted by atomic mass is 16.8. The molecule has 0 amide bonds. The van der Waals surface area contributed by atoms with E-state index in [-0.39, 0.29) is 0 Å². The molecule has 3 nitrogen and oxygen atoms in total. The van der Waals surface area contributed by atoms with Gasteiger partial charge in [-0.1, -0.05) is 39.0 Å². The first-order chi connectivity index (χ1) is 5.41. The Labute approximate surface area is 69.2 Å². The van der Waals surface area contributed by atoms with Crippen molar-refractivity contribution in [3.8, 4) is 0 Å². The summed E-state index contributed by atoms with van der Waals surface area (Å²) in [7, 11) is 0. The van der Waals surface area contributed by atoms with Crippen molar-refractivity contribution in [3.05, 3.63) is 0 Å². The maximum Gasteiger partial charge on any atom is 0.0228 e. The Bertz CT molecular complexity index is 61.1. The van der Waals surface area contributed by atoms with Gasteiger partial charge in [0.25, 0.3) is 0 Å². The second kappa shape index (κ2) is 9.88. The largest absolute Gasteiger partial charge is 0.217 e. The lowest BCUT2D eigenvalue weighted by molar-refractivity contribution is 0.0400. The van der Waals surface area contributed by atoms with E-state index >= 15 is 0 Å². The molecule has 0 heterocycles. The average Bonchev–Trinajstić information content (AvgIpc) is 2.03. The summed E-state index contributed by atoms with van der Waals surface area (Å²) in [6.45, 7) is 3.09. The molecule has 0 saturated heterocycles. The van der Waals surface area contributed by atoms with Crippen LogP contribution in [0.5, 0.6) is 0 Å². The third-order valence-electron chi connectivity index (χ3n) is 1.72. The van der Waals surface area contributed by atoms with E-state index in [2.05, 4.69) is 17.3 Å². The van der Waals surface area contributed by atoms with Crippen LogP contribution in [0, 0.1) is 0 Å². The molecular weight excluding hydrogens is 140 g/mol. The molecule has 0 saturated carbocycles. The van der Waals surface area contributed by atoms with Crippen LogP contribution >= 0.6 is 0 Å². The molecule has 0 spiro atoms. The summed E-state index contributed by atoms with van der Waals surface area (Å²) in [4.78, 5) is 4.22. The van der Waals surface area contributed by atoms with E-state index in [4.69, 9.17) is 5.90 Å². The van der Waals surface area contributed by atoms with Crippen LogP contribution in [-0.2, 0) is 4.94 Å². The number of hydrogen-bond acceptors (Lipinski definition) is 3. The van der Waals surface area contributed by atoms with Crippen LogP contribution in [0.25, 0.3) is 0 Å². The van der Waals surface area contributed by atoms with E-state index in [0.717, 1.165) is 13.0 Å². The Morgan fingerprint density at radius 3 is 2.36 bits per heavy atom. The van der Waals surface area contributed by atoms with Gasteiger partial charge in [-0.05, 0) is 6.42 Å². The minimum Gasteiger partial charge on any atom is -0.217 e. The van der Waals surface area contributed by atoms with Gasteiger partial charge in [-0.15, -0.1) is 0 Å². The molecule has 11 heavy (non-hydrogen) atoms. The van der Waals surface area contributed by atoms with Crippen LogP contribution in [0.1, 0.15) is 45.4 Å². The lowest BCUT2D eigenvalue weighted by Crippen LogP contribution is -2.19. The minimum absolute atomic E-state index is 0.864. The molecule has 0 fully saturated rings. The molecular formula is C8H20N2O. The topological polar surface area (TPSA) is 47.3 Å². The first kappa shape index (κ1) is 10.9. The standard InChI is InChI=1S/C8H20N2O/c1-2-3-4-5-6-7-8-10-11-9/h10H,2-9H2,1H3. The van der Waals surface area contributed by atoms with Gasteiger partial charge >= 0.3 is 0 Å². The predicted molar refractivity (Wildman–Crippen MR) is 46.7 cm³/mol. The summed E-state index contributed by atoms with van der Waals surface area (Å²) < 4.78 is 0. The number of unbranched alkanes of at least 4 members (excludes halogenated alkanes) is 5. The van der Waals surface area contributed by atoms with Gasteiger partial charge in [0.05, 0.1) is 0 Å². The molecule has 0 atom stereocenters. The second-order valence-electron chi connectivity index (χ2n) is 2.78. The van der Waals surface area contributed by atoms with Gasteiger partial charge in [0.15, 0.2) is 0 Å². The minimum atomic E-state index is 0.864. The maximum absolute atomic E-state index is 4.78. The number of hydroxylamine groups is 1. The predicted octanol–water partition coefficient (Wildman–Crippen LogP) is 1.74. The molecule has 0 bridgehead atoms. The van der Waals surface area contributed by atoms with Crippen LogP contribution in [0.2, 0.25) is 0 Å². The fraction of sp³-hybridized carbons (Fsp3) is 1.00. The van der Waals surface area contributed by atoms with Crippen molar-refractivity contribution in [3.63, 3.8) is 0 Å². The summed E-state index contributed by atoms with van der Waals surface area (Å²) in [6.07, 6.45) is 7.79. The molecule has 0 radical (unpaired) electrons. The average molecular weight is 160 g/mol. The zero-order valence-corrected chi connectivity index (χ0v) is 7.44. The van der Waals surface area contributed by atoms with Crippen LogP contribution in [-0.4, -0.2) is 6.54 Å². The van der Waals surface area contributed by atoms with Gasteiger partial charge in [-0.3, -0.25) is 0 Å². The van der Waals surface area contributed by atoms with Crippen molar-refractivity contribution in [1.82, 2.24) is 5.48 Å². The lowest BCUT2D eigenvalue weighted by atomic mass is 10.1. The molecule has 0 aromatic heterocycles. The first-order valence-electron chi connectivity index (χ1n) is 4.50. The smallest absolute Gasteiger partial charge is 0.0228 e. The van der Waals surface area contributed by atoms with Crippen molar-refractivity contribution in [2.75, 3.05) is 6.54 Å². The van der Waals surface area contributed by atoms with Crippen LogP contribution in [0.3, 0.4) is 0 Å². The third-order valence-corrected chi connectivity index (χ3v) is 1.72. The molecule has 68 valence electrons. The van der Waals surface area contributed by atoms with E-state index in [1.54, 1.807) is 0 Å². The fourth-order valence-electron chi connectivity index (χ4n) is 1.04. The summed E-state index contributed by atoms with van der Waals surface area (Å²) in [5, 5.41) is 0. The van der Waals surface area contributed by atoms with E-state index in [1.165, 1.54) is 32.1 Å². The number of nitrogens with two attached hydrogens (primary N) is 1. The Morgan fingerprint density at radius 2 is 1.73 bits per heavy atom. The molecule has 0 rings (SSSR count). The maximum atomic E-state index is 4.78. The summed E-state index contributed by atoms with van der Waals surface area (Å²) in [5.74, 6) is 4.78. The third kappa shape index (κ3) is 9.88. The highest BCUT2D eigenvalue weighted by Gasteiger charge is 1.88. The van der Waals surface area contributed by atoms with Gasteiger partial charge in [0.1, 0.15) is 0 Å². The Hall–Kier alpha value is -0.120. The van der Waals surface area contributed by atoms with Crippen molar-refractivity contribution < 1.29 is 4.94 Å². The molecule has 3 heteroatoms. The normalized spacial score (nSPS) is 10.4. The highest BCUT2D eigenvalue weighted by molar-refractivity contribution is 4.43. The SMILES string of the molecule is CCCCCCCCNON. The van der Waals surface area contributed by atoms with Gasteiger partial charge in [-0.2, -0.15) is 11.4 Å². The van der Waals surface area contributed by atoms with Crippen molar-refractivity contribution >= 4 is 0 Å². The van der Waals surface area contributed by atoms with Gasteiger partial charge < -0.3 is 0 Å². The molecule has 0 aliphatic heterocycles. The zero-order chi connectivity index (χ0) is 8.36. The van der Waals surface area contributed by atoms with Crippen molar-refractivity contribution in [2.45, 2.75) is 45.4 Å². The molecule has 3 N–H and O–H groups in total. The Balaban J connectivity index is 2.69. The zero-order valence-electron chi connectivity index (χ0n) is 7.44. The van der Waals surface area contributed by atoms with E-state index < -0.39 is 0 Å². The van der Waals surface area contributed by atoms with Crippen LogP contribution in [0.15, 0.2) is 0 Å². The number of nitrogens with one attached hydrogen (secondary N) is 1. The molecule has 0 aromatic carbocycles. The van der Waals surface area contributed by atoms with Gasteiger partial charge in [0.2, 0.25) is 0 Å². The fourth-order valence-corrected chi connectivity index (χ4v) is 1.04. The van der Waals surface area contributed by atoms with E-state index in [1.807, 2.05) is 0 Å². The van der Waals surface area contributed by atoms with Crippen molar-refractivity contribution in [2.24, 2.45) is 5.90 Å². The van der Waals surface area contributed by atoms with Crippen LogP contribution in [0.4, 0.5) is 0 Å². The summed E-state index contributed by atoms with van der Waals surface area (Å²) >= 11 is 0. The van der Waals surface area contributed by atoms with Crippen molar-refractivity contribution in [1.29, 1.82) is 0 Å². The summed E-state index contributed by atoms with van der Waals surface area (Å²) in [5.41, 5.74) is 2.62. The first-order valence-corrected chi connectivity index (χ1v) is 4.50. The molecule has 0 unspecified atom stereocenters. The highest BCUT2D eigenvalue weighted by Crippen LogP contribution is 2.03. The number of rotatable bonds is 8. The Morgan fingerprint density at radius 1 is 1.09 bits per heavy atom. The molecule has 0 aliphatic rings. The van der Waals surface area contributed by atoms with Gasteiger partial charge in [0, 0.05) is 6.54 Å². The Kier molecular flexibility index (Phi) is 9.77. The quantitative estimate of drug-likeness (QED) is 0.420. The van der Waals surface area contributed by atoms with E-state index in [9.17, 15) is 0 Å². The molecule has 0 aliphatic carbocycles. The van der Waals surface area contributed by atoms with Crippen LogP contribution < -0.4 is 11.4 Å². The molecule has 0 aromatic rings. The number of hydrogen-bond donors (Lipinski definition) is 2. The monoisotopic (exact) mass is 160 g/mol. The second-order valence-corrected chi connectivity index (χ2v) is 2.78.